The molecule has 190 valence electrons. The van der Waals surface area contributed by atoms with E-state index in [0.29, 0.717) is 18.1 Å². The van der Waals surface area contributed by atoms with Crippen LogP contribution in [0.25, 0.3) is 0 Å². The molecule has 0 aliphatic rings. The second-order valence-electron chi connectivity index (χ2n) is 9.53. The maximum atomic E-state index is 13.6. The average molecular weight is 552 g/mol. The van der Waals surface area contributed by atoms with Crippen LogP contribution in [0.5, 0.6) is 5.75 Å². The second-order valence-corrected chi connectivity index (χ2v) is 10.4. The van der Waals surface area contributed by atoms with Crippen LogP contribution in [0.2, 0.25) is 0 Å². The average Bonchev–Trinajstić information content (AvgIpc) is 2.85. The number of ether oxygens (including phenoxy) is 1. The summed E-state index contributed by atoms with van der Waals surface area (Å²) in [7, 11) is 0. The third-order valence-corrected chi connectivity index (χ3v) is 6.35. The van der Waals surface area contributed by atoms with Gasteiger partial charge in [0.1, 0.15) is 11.8 Å². The van der Waals surface area contributed by atoms with E-state index in [9.17, 15) is 9.59 Å². The molecule has 36 heavy (non-hydrogen) atoms. The van der Waals surface area contributed by atoms with E-state index >= 15 is 0 Å². The first-order chi connectivity index (χ1) is 17.2. The topological polar surface area (TPSA) is 58.6 Å². The first-order valence-corrected chi connectivity index (χ1v) is 13.1. The Hall–Kier alpha value is -3.12. The normalized spacial score (nSPS) is 11.9. The van der Waals surface area contributed by atoms with Crippen LogP contribution < -0.4 is 10.1 Å². The highest BCUT2D eigenvalue weighted by molar-refractivity contribution is 9.10. The predicted octanol–water partition coefficient (Wildman–Crippen LogP) is 6.12. The van der Waals surface area contributed by atoms with E-state index in [1.54, 1.807) is 4.90 Å². The summed E-state index contributed by atoms with van der Waals surface area (Å²) in [5.41, 5.74) is 3.12. The molecule has 0 radical (unpaired) electrons. The van der Waals surface area contributed by atoms with Gasteiger partial charge >= 0.3 is 0 Å². The highest BCUT2D eigenvalue weighted by atomic mass is 79.9. The van der Waals surface area contributed by atoms with Gasteiger partial charge in [-0.15, -0.1) is 0 Å². The van der Waals surface area contributed by atoms with Crippen molar-refractivity contribution < 1.29 is 14.3 Å². The van der Waals surface area contributed by atoms with Crippen molar-refractivity contribution in [3.05, 3.63) is 100 Å². The Morgan fingerprint density at radius 3 is 2.17 bits per heavy atom. The van der Waals surface area contributed by atoms with Crippen LogP contribution in [-0.4, -0.2) is 35.4 Å². The summed E-state index contributed by atoms with van der Waals surface area (Å²) in [6.07, 6.45) is 0.405. The predicted molar refractivity (Wildman–Crippen MR) is 148 cm³/mol. The van der Waals surface area contributed by atoms with Gasteiger partial charge in [0.05, 0.1) is 0 Å². The Morgan fingerprint density at radius 2 is 1.56 bits per heavy atom. The highest BCUT2D eigenvalue weighted by Crippen LogP contribution is 2.20. The van der Waals surface area contributed by atoms with Crippen LogP contribution in [0, 0.1) is 0 Å². The third kappa shape index (κ3) is 8.23. The summed E-state index contributed by atoms with van der Waals surface area (Å²) in [6.45, 7) is 8.23. The molecule has 0 fully saturated rings. The standard InChI is InChI=1S/C30H35BrN2O3/c1-21(2)25-13-15-27(16-14-25)36-20-29(34)33(19-24-11-8-12-26(31)17-24)28(30(35)32-22(3)4)18-23-9-6-5-7-10-23/h5-17,21-22,28H,18-20H2,1-4H3,(H,32,35)/t28-/m1/s1. The van der Waals surface area contributed by atoms with Crippen LogP contribution in [0.1, 0.15) is 50.3 Å². The van der Waals surface area contributed by atoms with Crippen molar-refractivity contribution in [2.45, 2.75) is 58.7 Å². The quantitative estimate of drug-likeness (QED) is 0.313. The van der Waals surface area contributed by atoms with E-state index < -0.39 is 6.04 Å². The molecule has 3 aromatic rings. The zero-order chi connectivity index (χ0) is 26.1. The van der Waals surface area contributed by atoms with Gasteiger partial charge in [0.2, 0.25) is 5.91 Å². The zero-order valence-electron chi connectivity index (χ0n) is 21.4. The first kappa shape index (κ1) is 27.5. The second kappa shape index (κ2) is 13.3. The van der Waals surface area contributed by atoms with Gasteiger partial charge in [0.25, 0.3) is 5.91 Å². The Kier molecular flexibility index (Phi) is 10.1. The minimum absolute atomic E-state index is 0.0469. The number of hydrogen-bond acceptors (Lipinski definition) is 3. The number of amides is 2. The minimum Gasteiger partial charge on any atom is -0.484 e. The molecule has 0 heterocycles. The summed E-state index contributed by atoms with van der Waals surface area (Å²) in [4.78, 5) is 28.6. The number of hydrogen-bond donors (Lipinski definition) is 1. The largest absolute Gasteiger partial charge is 0.484 e. The maximum absolute atomic E-state index is 13.6. The number of nitrogens with zero attached hydrogens (tertiary/aromatic N) is 1. The molecule has 2 amide bonds. The molecule has 3 rings (SSSR count). The van der Waals surface area contributed by atoms with Gasteiger partial charge in [0, 0.05) is 23.5 Å². The zero-order valence-corrected chi connectivity index (χ0v) is 23.0. The molecular formula is C30H35BrN2O3. The number of carbonyl (C=O) groups is 2. The fourth-order valence-corrected chi connectivity index (χ4v) is 4.39. The van der Waals surface area contributed by atoms with Crippen LogP contribution in [0.3, 0.4) is 0 Å². The van der Waals surface area contributed by atoms with Crippen molar-refractivity contribution in [2.75, 3.05) is 6.61 Å². The molecule has 0 aliphatic carbocycles. The van der Waals surface area contributed by atoms with Gasteiger partial charge in [-0.25, -0.2) is 0 Å². The van der Waals surface area contributed by atoms with E-state index in [4.69, 9.17) is 4.74 Å². The number of carbonyl (C=O) groups excluding carboxylic acids is 2. The molecule has 6 heteroatoms. The minimum atomic E-state index is -0.687. The lowest BCUT2D eigenvalue weighted by Gasteiger charge is -2.32. The molecule has 0 unspecified atom stereocenters. The summed E-state index contributed by atoms with van der Waals surface area (Å²) < 4.78 is 6.79. The van der Waals surface area contributed by atoms with Gasteiger partial charge in [-0.3, -0.25) is 9.59 Å². The molecule has 0 saturated carbocycles. The number of halogens is 1. The molecule has 1 N–H and O–H groups in total. The number of nitrogens with one attached hydrogen (secondary N) is 1. The SMILES string of the molecule is CC(C)NC(=O)[C@@H](Cc1ccccc1)N(Cc1cccc(Br)c1)C(=O)COc1ccc(C(C)C)cc1. The van der Waals surface area contributed by atoms with Gasteiger partial charge < -0.3 is 15.0 Å². The maximum Gasteiger partial charge on any atom is 0.261 e. The van der Waals surface area contributed by atoms with E-state index in [0.717, 1.165) is 15.6 Å². The van der Waals surface area contributed by atoms with E-state index in [1.165, 1.54) is 5.56 Å². The highest BCUT2D eigenvalue weighted by Gasteiger charge is 2.31. The number of benzene rings is 3. The van der Waals surface area contributed by atoms with Crippen molar-refractivity contribution in [1.29, 1.82) is 0 Å². The summed E-state index contributed by atoms with van der Waals surface area (Å²) in [5, 5.41) is 3.00. The van der Waals surface area contributed by atoms with Crippen molar-refractivity contribution >= 4 is 27.7 Å². The number of rotatable bonds is 11. The Balaban J connectivity index is 1.88. The fraction of sp³-hybridized carbons (Fsp3) is 0.333. The van der Waals surface area contributed by atoms with E-state index in [1.807, 2.05) is 92.7 Å². The van der Waals surface area contributed by atoms with Crippen LogP contribution in [-0.2, 0) is 22.6 Å². The Morgan fingerprint density at radius 1 is 0.889 bits per heavy atom. The molecule has 0 saturated heterocycles. The van der Waals surface area contributed by atoms with Gasteiger partial charge in [-0.1, -0.05) is 84.4 Å². The van der Waals surface area contributed by atoms with Crippen LogP contribution >= 0.6 is 15.9 Å². The van der Waals surface area contributed by atoms with Crippen molar-refractivity contribution in [1.82, 2.24) is 10.2 Å². The Bertz CT molecular complexity index is 1130. The third-order valence-electron chi connectivity index (χ3n) is 5.85. The van der Waals surface area contributed by atoms with Crippen LogP contribution in [0.15, 0.2) is 83.3 Å². The summed E-state index contributed by atoms with van der Waals surface area (Å²) >= 11 is 3.51. The lowest BCUT2D eigenvalue weighted by atomic mass is 10.0. The van der Waals surface area contributed by atoms with Gasteiger partial charge in [-0.05, 0) is 60.7 Å². The van der Waals surface area contributed by atoms with E-state index in [2.05, 4.69) is 35.1 Å². The lowest BCUT2D eigenvalue weighted by Crippen LogP contribution is -2.52. The molecular weight excluding hydrogens is 516 g/mol. The van der Waals surface area contributed by atoms with Crippen molar-refractivity contribution in [3.8, 4) is 5.75 Å². The molecule has 0 spiro atoms. The monoisotopic (exact) mass is 550 g/mol. The lowest BCUT2D eigenvalue weighted by molar-refractivity contribution is -0.143. The van der Waals surface area contributed by atoms with Gasteiger partial charge in [-0.2, -0.15) is 0 Å². The van der Waals surface area contributed by atoms with Gasteiger partial charge in [0.15, 0.2) is 6.61 Å². The molecule has 0 aromatic heterocycles. The van der Waals surface area contributed by atoms with E-state index in [-0.39, 0.29) is 31.0 Å². The Labute approximate surface area is 223 Å². The van der Waals surface area contributed by atoms with Crippen molar-refractivity contribution in [2.24, 2.45) is 0 Å². The first-order valence-electron chi connectivity index (χ1n) is 12.3. The molecule has 0 bridgehead atoms. The summed E-state index contributed by atoms with van der Waals surface area (Å²) in [6, 6.07) is 24.6. The summed E-state index contributed by atoms with van der Waals surface area (Å²) in [5.74, 6) is 0.613. The molecule has 5 nitrogen and oxygen atoms in total. The molecule has 0 aliphatic heterocycles. The molecule has 3 aromatic carbocycles. The van der Waals surface area contributed by atoms with Crippen molar-refractivity contribution in [3.63, 3.8) is 0 Å². The smallest absolute Gasteiger partial charge is 0.261 e. The molecule has 1 atom stereocenters. The van der Waals surface area contributed by atoms with Crippen LogP contribution in [0.4, 0.5) is 0 Å². The fourth-order valence-electron chi connectivity index (χ4n) is 3.94.